The molecular formula is C13H24O4. The van der Waals surface area contributed by atoms with Gasteiger partial charge >= 0.3 is 11.9 Å². The van der Waals surface area contributed by atoms with Gasteiger partial charge < -0.3 is 10.2 Å². The van der Waals surface area contributed by atoms with E-state index in [1.54, 1.807) is 0 Å². The highest BCUT2D eigenvalue weighted by molar-refractivity contribution is 5.70. The molecule has 0 saturated carbocycles. The Morgan fingerprint density at radius 1 is 0.941 bits per heavy atom. The molecule has 0 amide bonds. The standard InChI is InChI=1S/C13H24O4/c1-10(2)6-3-4-7-11(13(16)17)8-5-9-12(14)15/h10-11H,3-9H2,1-2H3,(H,14,15)(H,16,17). The van der Waals surface area contributed by atoms with Gasteiger partial charge in [0.1, 0.15) is 0 Å². The summed E-state index contributed by atoms with van der Waals surface area (Å²) in [5.41, 5.74) is 0. The number of rotatable bonds is 10. The zero-order valence-corrected chi connectivity index (χ0v) is 10.8. The molecule has 100 valence electrons. The molecular weight excluding hydrogens is 220 g/mol. The summed E-state index contributed by atoms with van der Waals surface area (Å²) in [7, 11) is 0. The molecule has 1 unspecified atom stereocenters. The predicted molar refractivity (Wildman–Crippen MR) is 65.9 cm³/mol. The Balaban J connectivity index is 3.75. The summed E-state index contributed by atoms with van der Waals surface area (Å²) < 4.78 is 0. The van der Waals surface area contributed by atoms with Crippen molar-refractivity contribution >= 4 is 11.9 Å². The van der Waals surface area contributed by atoms with Gasteiger partial charge in [-0.2, -0.15) is 0 Å². The lowest BCUT2D eigenvalue weighted by Gasteiger charge is -2.11. The van der Waals surface area contributed by atoms with Crippen molar-refractivity contribution in [3.8, 4) is 0 Å². The molecule has 0 rings (SSSR count). The smallest absolute Gasteiger partial charge is 0.306 e. The summed E-state index contributed by atoms with van der Waals surface area (Å²) in [6, 6.07) is 0. The molecule has 1 atom stereocenters. The average Bonchev–Trinajstić information content (AvgIpc) is 2.20. The lowest BCUT2D eigenvalue weighted by molar-refractivity contribution is -0.143. The Morgan fingerprint density at radius 2 is 1.47 bits per heavy atom. The van der Waals surface area contributed by atoms with Crippen LogP contribution in [-0.4, -0.2) is 22.2 Å². The molecule has 0 spiro atoms. The molecule has 0 aromatic heterocycles. The van der Waals surface area contributed by atoms with Gasteiger partial charge in [-0.3, -0.25) is 9.59 Å². The second kappa shape index (κ2) is 9.02. The van der Waals surface area contributed by atoms with Crippen LogP contribution in [0.25, 0.3) is 0 Å². The van der Waals surface area contributed by atoms with Crippen LogP contribution < -0.4 is 0 Å². The molecule has 0 aliphatic heterocycles. The van der Waals surface area contributed by atoms with E-state index in [9.17, 15) is 9.59 Å². The fraction of sp³-hybridized carbons (Fsp3) is 0.846. The van der Waals surface area contributed by atoms with Crippen molar-refractivity contribution < 1.29 is 19.8 Å². The van der Waals surface area contributed by atoms with Crippen LogP contribution in [-0.2, 0) is 9.59 Å². The van der Waals surface area contributed by atoms with Gasteiger partial charge in [-0.25, -0.2) is 0 Å². The molecule has 0 saturated heterocycles. The fourth-order valence-electron chi connectivity index (χ4n) is 1.83. The highest BCUT2D eigenvalue weighted by Gasteiger charge is 2.16. The molecule has 0 aliphatic rings. The number of hydrogen-bond donors (Lipinski definition) is 2. The number of unbranched alkanes of at least 4 members (excludes halogenated alkanes) is 1. The molecule has 2 N–H and O–H groups in total. The van der Waals surface area contributed by atoms with E-state index < -0.39 is 11.9 Å². The minimum absolute atomic E-state index is 0.0653. The monoisotopic (exact) mass is 244 g/mol. The molecule has 0 aliphatic carbocycles. The number of hydrogen-bond acceptors (Lipinski definition) is 2. The van der Waals surface area contributed by atoms with E-state index in [0.717, 1.165) is 19.3 Å². The molecule has 4 heteroatoms. The third kappa shape index (κ3) is 9.85. The molecule has 4 nitrogen and oxygen atoms in total. The molecule has 0 fully saturated rings. The molecule has 0 bridgehead atoms. The van der Waals surface area contributed by atoms with Crippen LogP contribution in [0.1, 0.15) is 58.8 Å². The number of carboxylic acid groups (broad SMARTS) is 2. The van der Waals surface area contributed by atoms with Crippen molar-refractivity contribution in [1.82, 2.24) is 0 Å². The molecule has 17 heavy (non-hydrogen) atoms. The first-order valence-electron chi connectivity index (χ1n) is 6.38. The van der Waals surface area contributed by atoms with Crippen molar-refractivity contribution in [2.75, 3.05) is 0 Å². The maximum Gasteiger partial charge on any atom is 0.306 e. The molecule has 0 aromatic rings. The van der Waals surface area contributed by atoms with Gasteiger partial charge in [0.15, 0.2) is 0 Å². The first-order chi connectivity index (χ1) is 7.93. The topological polar surface area (TPSA) is 74.6 Å². The van der Waals surface area contributed by atoms with Crippen LogP contribution in [0.3, 0.4) is 0 Å². The quantitative estimate of drug-likeness (QED) is 0.579. The van der Waals surface area contributed by atoms with Crippen LogP contribution in [0.5, 0.6) is 0 Å². The third-order valence-corrected chi connectivity index (χ3v) is 2.88. The third-order valence-electron chi connectivity index (χ3n) is 2.88. The maximum atomic E-state index is 11.0. The second-order valence-electron chi connectivity index (χ2n) is 5.00. The average molecular weight is 244 g/mol. The zero-order valence-electron chi connectivity index (χ0n) is 10.8. The summed E-state index contributed by atoms with van der Waals surface area (Å²) in [6.07, 6.45) is 4.77. The van der Waals surface area contributed by atoms with Gasteiger partial charge in [0.2, 0.25) is 0 Å². The Morgan fingerprint density at radius 3 is 1.94 bits per heavy atom. The van der Waals surface area contributed by atoms with Crippen LogP contribution in [0.15, 0.2) is 0 Å². The summed E-state index contributed by atoms with van der Waals surface area (Å²) in [5, 5.41) is 17.5. The summed E-state index contributed by atoms with van der Waals surface area (Å²) in [6.45, 7) is 4.31. The lowest BCUT2D eigenvalue weighted by Crippen LogP contribution is -2.14. The number of carbonyl (C=O) groups is 2. The van der Waals surface area contributed by atoms with Crippen LogP contribution in [0, 0.1) is 11.8 Å². The van der Waals surface area contributed by atoms with E-state index in [0.29, 0.717) is 25.2 Å². The highest BCUT2D eigenvalue weighted by atomic mass is 16.4. The Kier molecular flexibility index (Phi) is 8.46. The number of aliphatic carboxylic acids is 2. The Bertz CT molecular complexity index is 236. The van der Waals surface area contributed by atoms with E-state index in [2.05, 4.69) is 13.8 Å². The zero-order chi connectivity index (χ0) is 13.3. The van der Waals surface area contributed by atoms with Gasteiger partial charge in [0.25, 0.3) is 0 Å². The first kappa shape index (κ1) is 15.9. The fourth-order valence-corrected chi connectivity index (χ4v) is 1.83. The van der Waals surface area contributed by atoms with Gasteiger partial charge in [0, 0.05) is 6.42 Å². The number of carboxylic acids is 2. The van der Waals surface area contributed by atoms with Crippen molar-refractivity contribution in [2.24, 2.45) is 11.8 Å². The molecule has 0 heterocycles. The second-order valence-corrected chi connectivity index (χ2v) is 5.00. The van der Waals surface area contributed by atoms with Crippen LogP contribution >= 0.6 is 0 Å². The van der Waals surface area contributed by atoms with E-state index in [-0.39, 0.29) is 12.3 Å². The van der Waals surface area contributed by atoms with Crippen LogP contribution in [0.2, 0.25) is 0 Å². The first-order valence-corrected chi connectivity index (χ1v) is 6.38. The largest absolute Gasteiger partial charge is 0.481 e. The van der Waals surface area contributed by atoms with Gasteiger partial charge in [-0.05, 0) is 25.2 Å². The minimum atomic E-state index is -0.853. The normalized spacial score (nSPS) is 12.6. The van der Waals surface area contributed by atoms with Gasteiger partial charge in [0.05, 0.1) is 5.92 Å². The van der Waals surface area contributed by atoms with E-state index in [1.165, 1.54) is 0 Å². The van der Waals surface area contributed by atoms with Crippen LogP contribution in [0.4, 0.5) is 0 Å². The van der Waals surface area contributed by atoms with Crippen molar-refractivity contribution in [2.45, 2.75) is 58.8 Å². The summed E-state index contributed by atoms with van der Waals surface area (Å²) in [4.78, 5) is 21.3. The Labute approximate surface area is 103 Å². The Hall–Kier alpha value is -1.06. The molecule has 0 aromatic carbocycles. The maximum absolute atomic E-state index is 11.0. The van der Waals surface area contributed by atoms with E-state index >= 15 is 0 Å². The van der Waals surface area contributed by atoms with Crippen molar-refractivity contribution in [3.63, 3.8) is 0 Å². The highest BCUT2D eigenvalue weighted by Crippen LogP contribution is 2.18. The van der Waals surface area contributed by atoms with Gasteiger partial charge in [-0.15, -0.1) is 0 Å². The van der Waals surface area contributed by atoms with Gasteiger partial charge in [-0.1, -0.05) is 33.1 Å². The summed E-state index contributed by atoms with van der Waals surface area (Å²) in [5.74, 6) is -1.36. The molecule has 0 radical (unpaired) electrons. The van der Waals surface area contributed by atoms with Crippen molar-refractivity contribution in [3.05, 3.63) is 0 Å². The minimum Gasteiger partial charge on any atom is -0.481 e. The van der Waals surface area contributed by atoms with E-state index in [4.69, 9.17) is 10.2 Å². The lowest BCUT2D eigenvalue weighted by atomic mass is 9.94. The van der Waals surface area contributed by atoms with E-state index in [1.807, 2.05) is 0 Å². The van der Waals surface area contributed by atoms with Crippen molar-refractivity contribution in [1.29, 1.82) is 0 Å². The SMILES string of the molecule is CC(C)CCCCC(CCCC(=O)O)C(=O)O. The summed E-state index contributed by atoms with van der Waals surface area (Å²) >= 11 is 0. The predicted octanol–water partition coefficient (Wildman–Crippen LogP) is 3.16.